The zero-order chi connectivity index (χ0) is 19.4. The van der Waals surface area contributed by atoms with Crippen LogP contribution in [-0.4, -0.2) is 44.4 Å². The molecule has 7 nitrogen and oxygen atoms in total. The Bertz CT molecular complexity index is 833. The molecule has 1 aliphatic rings. The lowest BCUT2D eigenvalue weighted by atomic mass is 10.1. The van der Waals surface area contributed by atoms with Gasteiger partial charge in [0.2, 0.25) is 5.91 Å². The molecule has 0 bridgehead atoms. The fourth-order valence-electron chi connectivity index (χ4n) is 3.04. The van der Waals surface area contributed by atoms with E-state index in [-0.39, 0.29) is 17.4 Å². The molecule has 0 saturated carbocycles. The Morgan fingerprint density at radius 1 is 1.11 bits per heavy atom. The molecule has 1 heterocycles. The Labute approximate surface area is 157 Å². The zero-order valence-electron chi connectivity index (χ0n) is 15.2. The number of aromatic carboxylic acids is 1. The number of methoxy groups -OCH3 is 2. The molecule has 2 aromatic rings. The van der Waals surface area contributed by atoms with Gasteiger partial charge in [-0.25, -0.2) is 4.79 Å². The molecular weight excluding hydrogens is 350 g/mol. The molecule has 7 heteroatoms. The van der Waals surface area contributed by atoms with Crippen molar-refractivity contribution in [2.24, 2.45) is 5.92 Å². The number of carbonyl (C=O) groups is 2. The standard InChI is InChI=1S/C20H21NO6/c1-25-17-8-5-15(10-18(17)26-2)21-11-13(9-19(21)22)12-27-16-6-3-14(4-7-16)20(23)24/h3-8,10,13H,9,11-12H2,1-2H3,(H,23,24). The van der Waals surface area contributed by atoms with Crippen LogP contribution in [0.4, 0.5) is 5.69 Å². The minimum atomic E-state index is -0.978. The summed E-state index contributed by atoms with van der Waals surface area (Å²) in [5, 5.41) is 8.91. The van der Waals surface area contributed by atoms with E-state index < -0.39 is 5.97 Å². The fourth-order valence-corrected chi connectivity index (χ4v) is 3.04. The lowest BCUT2D eigenvalue weighted by molar-refractivity contribution is -0.117. The van der Waals surface area contributed by atoms with Gasteiger partial charge in [-0.3, -0.25) is 4.79 Å². The first kappa shape index (κ1) is 18.6. The van der Waals surface area contributed by atoms with Crippen molar-refractivity contribution in [1.29, 1.82) is 0 Å². The number of carboxylic acids is 1. The number of carboxylic acid groups (broad SMARTS) is 1. The molecule has 1 N–H and O–H groups in total. The van der Waals surface area contributed by atoms with Gasteiger partial charge in [0.05, 0.1) is 26.4 Å². The number of rotatable bonds is 7. The van der Waals surface area contributed by atoms with Gasteiger partial charge < -0.3 is 24.2 Å². The van der Waals surface area contributed by atoms with Crippen LogP contribution in [0.15, 0.2) is 42.5 Å². The molecule has 1 unspecified atom stereocenters. The third-order valence-electron chi connectivity index (χ3n) is 4.47. The van der Waals surface area contributed by atoms with E-state index in [1.54, 1.807) is 43.4 Å². The van der Waals surface area contributed by atoms with Gasteiger partial charge in [0.15, 0.2) is 11.5 Å². The number of carbonyl (C=O) groups excluding carboxylic acids is 1. The maximum absolute atomic E-state index is 12.4. The van der Waals surface area contributed by atoms with E-state index in [0.717, 1.165) is 5.69 Å². The second kappa shape index (κ2) is 7.99. The summed E-state index contributed by atoms with van der Waals surface area (Å²) >= 11 is 0. The van der Waals surface area contributed by atoms with Gasteiger partial charge in [-0.15, -0.1) is 0 Å². The Hall–Kier alpha value is -3.22. The normalized spacial score (nSPS) is 16.3. The van der Waals surface area contributed by atoms with Crippen LogP contribution in [0, 0.1) is 5.92 Å². The van der Waals surface area contributed by atoms with Crippen LogP contribution in [0.5, 0.6) is 17.2 Å². The van der Waals surface area contributed by atoms with Crippen molar-refractivity contribution >= 4 is 17.6 Å². The van der Waals surface area contributed by atoms with Gasteiger partial charge in [-0.05, 0) is 36.4 Å². The van der Waals surface area contributed by atoms with Gasteiger partial charge in [-0.2, -0.15) is 0 Å². The highest BCUT2D eigenvalue weighted by atomic mass is 16.5. The van der Waals surface area contributed by atoms with Crippen LogP contribution in [0.2, 0.25) is 0 Å². The van der Waals surface area contributed by atoms with E-state index in [2.05, 4.69) is 0 Å². The molecule has 2 aromatic carbocycles. The van der Waals surface area contributed by atoms with E-state index >= 15 is 0 Å². The predicted molar refractivity (Wildman–Crippen MR) is 98.9 cm³/mol. The summed E-state index contributed by atoms with van der Waals surface area (Å²) in [7, 11) is 3.12. The summed E-state index contributed by atoms with van der Waals surface area (Å²) in [6.45, 7) is 0.920. The van der Waals surface area contributed by atoms with Crippen molar-refractivity contribution in [3.05, 3.63) is 48.0 Å². The first-order chi connectivity index (χ1) is 13.0. The van der Waals surface area contributed by atoms with Gasteiger partial charge in [0.1, 0.15) is 5.75 Å². The molecule has 1 saturated heterocycles. The number of anilines is 1. The van der Waals surface area contributed by atoms with Crippen molar-refractivity contribution in [2.45, 2.75) is 6.42 Å². The summed E-state index contributed by atoms with van der Waals surface area (Å²) in [6.07, 6.45) is 0.390. The Morgan fingerprint density at radius 3 is 2.44 bits per heavy atom. The van der Waals surface area contributed by atoms with E-state index in [1.165, 1.54) is 12.1 Å². The second-order valence-electron chi connectivity index (χ2n) is 6.25. The zero-order valence-corrected chi connectivity index (χ0v) is 15.2. The SMILES string of the molecule is COc1ccc(N2CC(COc3ccc(C(=O)O)cc3)CC2=O)cc1OC. The molecule has 0 aromatic heterocycles. The molecule has 142 valence electrons. The third-order valence-corrected chi connectivity index (χ3v) is 4.47. The van der Waals surface area contributed by atoms with Crippen LogP contribution >= 0.6 is 0 Å². The molecule has 0 aliphatic carbocycles. The largest absolute Gasteiger partial charge is 0.493 e. The smallest absolute Gasteiger partial charge is 0.335 e. The molecule has 0 spiro atoms. The molecule has 0 radical (unpaired) electrons. The maximum Gasteiger partial charge on any atom is 0.335 e. The molecule has 1 aliphatic heterocycles. The maximum atomic E-state index is 12.4. The number of benzene rings is 2. The summed E-state index contributed by atoms with van der Waals surface area (Å²) < 4.78 is 16.3. The lowest BCUT2D eigenvalue weighted by Gasteiger charge is -2.19. The van der Waals surface area contributed by atoms with E-state index in [4.69, 9.17) is 19.3 Å². The van der Waals surface area contributed by atoms with Gasteiger partial charge in [0, 0.05) is 30.6 Å². The molecule has 1 fully saturated rings. The topological polar surface area (TPSA) is 85.3 Å². The fraction of sp³-hybridized carbons (Fsp3) is 0.300. The Balaban J connectivity index is 1.62. The average Bonchev–Trinajstić information content (AvgIpc) is 3.06. The quantitative estimate of drug-likeness (QED) is 0.806. The highest BCUT2D eigenvalue weighted by Gasteiger charge is 2.31. The van der Waals surface area contributed by atoms with Crippen molar-refractivity contribution in [3.63, 3.8) is 0 Å². The van der Waals surface area contributed by atoms with Gasteiger partial charge >= 0.3 is 5.97 Å². The van der Waals surface area contributed by atoms with E-state index in [1.807, 2.05) is 6.07 Å². The minimum Gasteiger partial charge on any atom is -0.493 e. The number of hydrogen-bond donors (Lipinski definition) is 1. The molecular formula is C20H21NO6. The van der Waals surface area contributed by atoms with Crippen LogP contribution in [-0.2, 0) is 4.79 Å². The first-order valence-corrected chi connectivity index (χ1v) is 8.50. The molecule has 1 amide bonds. The molecule has 3 rings (SSSR count). The Morgan fingerprint density at radius 2 is 1.81 bits per heavy atom. The highest BCUT2D eigenvalue weighted by Crippen LogP contribution is 2.34. The first-order valence-electron chi connectivity index (χ1n) is 8.50. The highest BCUT2D eigenvalue weighted by molar-refractivity contribution is 5.96. The van der Waals surface area contributed by atoms with Crippen molar-refractivity contribution < 1.29 is 28.9 Å². The monoisotopic (exact) mass is 371 g/mol. The van der Waals surface area contributed by atoms with Crippen molar-refractivity contribution in [3.8, 4) is 17.2 Å². The van der Waals surface area contributed by atoms with Gasteiger partial charge in [0.25, 0.3) is 0 Å². The molecule has 1 atom stereocenters. The van der Waals surface area contributed by atoms with Crippen molar-refractivity contribution in [2.75, 3.05) is 32.3 Å². The number of nitrogens with zero attached hydrogens (tertiary/aromatic N) is 1. The summed E-state index contributed by atoms with van der Waals surface area (Å²) in [6, 6.07) is 11.6. The van der Waals surface area contributed by atoms with Crippen LogP contribution < -0.4 is 19.1 Å². The average molecular weight is 371 g/mol. The van der Waals surface area contributed by atoms with Gasteiger partial charge in [-0.1, -0.05) is 0 Å². The van der Waals surface area contributed by atoms with Crippen LogP contribution in [0.1, 0.15) is 16.8 Å². The summed E-state index contributed by atoms with van der Waals surface area (Å²) in [4.78, 5) is 25.0. The minimum absolute atomic E-state index is 0.0250. The number of hydrogen-bond acceptors (Lipinski definition) is 5. The van der Waals surface area contributed by atoms with Crippen molar-refractivity contribution in [1.82, 2.24) is 0 Å². The predicted octanol–water partition coefficient (Wildman–Crippen LogP) is 2.83. The van der Waals surface area contributed by atoms with Crippen LogP contribution in [0.3, 0.4) is 0 Å². The van der Waals surface area contributed by atoms with E-state index in [9.17, 15) is 9.59 Å². The summed E-state index contributed by atoms with van der Waals surface area (Å²) in [5.41, 5.74) is 0.962. The summed E-state index contributed by atoms with van der Waals surface area (Å²) in [5.74, 6) is 0.853. The third kappa shape index (κ3) is 4.13. The van der Waals surface area contributed by atoms with Crippen LogP contribution in [0.25, 0.3) is 0 Å². The second-order valence-corrected chi connectivity index (χ2v) is 6.25. The number of ether oxygens (including phenoxy) is 3. The number of amides is 1. The Kier molecular flexibility index (Phi) is 5.49. The van der Waals surface area contributed by atoms with E-state index in [0.29, 0.717) is 36.8 Å². The lowest BCUT2D eigenvalue weighted by Crippen LogP contribution is -2.25. The molecule has 27 heavy (non-hydrogen) atoms.